The molecule has 4 heterocycles. The normalized spacial score (nSPS) is 22.6. The third kappa shape index (κ3) is 2.19. The highest BCUT2D eigenvalue weighted by molar-refractivity contribution is 6.04. The van der Waals surface area contributed by atoms with Crippen LogP contribution in [0, 0.1) is 28.5 Å². The van der Waals surface area contributed by atoms with Gasteiger partial charge < -0.3 is 0 Å². The monoisotopic (exact) mass is 365 g/mol. The molecule has 3 aromatic heterocycles. The second-order valence-corrected chi connectivity index (χ2v) is 7.20. The van der Waals surface area contributed by atoms with Gasteiger partial charge in [-0.05, 0) is 25.2 Å². The minimum atomic E-state index is -1.01. The quantitative estimate of drug-likeness (QED) is 0.707. The third-order valence-corrected chi connectivity index (χ3v) is 5.52. The number of carbonyl (C=O) groups excluding carboxylic acids is 1. The number of aryl methyl sites for hydroxylation is 1. The summed E-state index contributed by atoms with van der Waals surface area (Å²) in [4.78, 5) is 19.2. The molecule has 1 amide bonds. The van der Waals surface area contributed by atoms with Crippen molar-refractivity contribution in [2.45, 2.75) is 19.3 Å². The fraction of sp³-hybridized carbons (Fsp3) is 0.389. The topological polar surface area (TPSA) is 92.1 Å². The lowest BCUT2D eigenvalue weighted by molar-refractivity contribution is -0.123. The van der Waals surface area contributed by atoms with Crippen molar-refractivity contribution in [3.05, 3.63) is 30.6 Å². The van der Waals surface area contributed by atoms with E-state index in [4.69, 9.17) is 0 Å². The van der Waals surface area contributed by atoms with E-state index in [2.05, 4.69) is 21.3 Å². The molecule has 0 radical (unpaired) electrons. The maximum Gasteiger partial charge on any atom is 0.249 e. The van der Waals surface area contributed by atoms with E-state index in [9.17, 15) is 14.4 Å². The van der Waals surface area contributed by atoms with Gasteiger partial charge in [0.2, 0.25) is 5.91 Å². The van der Waals surface area contributed by atoms with Gasteiger partial charge in [-0.25, -0.2) is 13.9 Å². The molecule has 2 fully saturated rings. The highest BCUT2D eigenvalue weighted by Gasteiger charge is 2.57. The maximum absolute atomic E-state index is 14.4. The Morgan fingerprint density at radius 2 is 2.11 bits per heavy atom. The van der Waals surface area contributed by atoms with Gasteiger partial charge in [-0.2, -0.15) is 15.5 Å². The molecular formula is C18H16FN7O. The summed E-state index contributed by atoms with van der Waals surface area (Å²) >= 11 is 0. The van der Waals surface area contributed by atoms with Crippen molar-refractivity contribution >= 4 is 17.2 Å². The predicted molar refractivity (Wildman–Crippen MR) is 92.9 cm³/mol. The molecule has 8 nitrogen and oxygen atoms in total. The summed E-state index contributed by atoms with van der Waals surface area (Å²) in [6, 6.07) is 2.25. The summed E-state index contributed by atoms with van der Waals surface area (Å²) < 4.78 is 17.5. The zero-order chi connectivity index (χ0) is 18.8. The van der Waals surface area contributed by atoms with E-state index in [1.54, 1.807) is 30.3 Å². The Balaban J connectivity index is 1.67. The molecule has 27 heavy (non-hydrogen) atoms. The molecular weight excluding hydrogens is 349 g/mol. The van der Waals surface area contributed by atoms with Crippen LogP contribution in [0.3, 0.4) is 0 Å². The Labute approximate surface area is 153 Å². The van der Waals surface area contributed by atoms with Crippen LogP contribution in [0.1, 0.15) is 19.3 Å². The van der Waals surface area contributed by atoms with Gasteiger partial charge in [-0.1, -0.05) is 0 Å². The summed E-state index contributed by atoms with van der Waals surface area (Å²) in [6.07, 6.45) is 8.35. The van der Waals surface area contributed by atoms with Crippen LogP contribution in [-0.4, -0.2) is 36.8 Å². The highest BCUT2D eigenvalue weighted by atomic mass is 19.1. The van der Waals surface area contributed by atoms with Crippen molar-refractivity contribution in [1.82, 2.24) is 24.4 Å². The highest BCUT2D eigenvalue weighted by Crippen LogP contribution is 2.52. The van der Waals surface area contributed by atoms with Crippen LogP contribution < -0.4 is 4.90 Å². The molecule has 1 saturated carbocycles. The molecule has 136 valence electrons. The number of nitriles is 1. The lowest BCUT2D eigenvalue weighted by atomic mass is 9.83. The molecule has 0 spiro atoms. The van der Waals surface area contributed by atoms with Gasteiger partial charge in [0.25, 0.3) is 0 Å². The number of aromatic nitrogens is 5. The second-order valence-electron chi connectivity index (χ2n) is 7.20. The van der Waals surface area contributed by atoms with Gasteiger partial charge in [-0.3, -0.25) is 14.4 Å². The van der Waals surface area contributed by atoms with Crippen LogP contribution in [0.5, 0.6) is 0 Å². The number of hydrogen-bond acceptors (Lipinski definition) is 5. The maximum atomic E-state index is 14.4. The minimum Gasteiger partial charge on any atom is -0.293 e. The first kappa shape index (κ1) is 15.9. The number of carbonyl (C=O) groups is 1. The first-order valence-corrected chi connectivity index (χ1v) is 8.79. The van der Waals surface area contributed by atoms with E-state index in [0.717, 1.165) is 24.6 Å². The van der Waals surface area contributed by atoms with Crippen molar-refractivity contribution in [3.8, 4) is 17.3 Å². The second kappa shape index (κ2) is 5.36. The predicted octanol–water partition coefficient (Wildman–Crippen LogP) is 1.93. The average molecular weight is 365 g/mol. The molecule has 0 aromatic carbocycles. The van der Waals surface area contributed by atoms with Gasteiger partial charge in [0.05, 0.1) is 30.4 Å². The number of halogens is 1. The van der Waals surface area contributed by atoms with Crippen LogP contribution in [-0.2, 0) is 11.8 Å². The summed E-state index contributed by atoms with van der Waals surface area (Å²) in [5, 5.41) is 17.9. The lowest BCUT2D eigenvalue weighted by Crippen LogP contribution is -2.36. The number of anilines is 1. The zero-order valence-corrected chi connectivity index (χ0v) is 14.6. The van der Waals surface area contributed by atoms with E-state index in [1.807, 2.05) is 0 Å². The molecule has 1 atom stereocenters. The van der Waals surface area contributed by atoms with Crippen LogP contribution in [0.4, 0.5) is 10.2 Å². The largest absolute Gasteiger partial charge is 0.293 e. The number of nitrogens with zero attached hydrogens (tertiary/aromatic N) is 7. The summed E-state index contributed by atoms with van der Waals surface area (Å²) in [6.45, 7) is 0.340. The van der Waals surface area contributed by atoms with E-state index in [1.165, 1.54) is 9.42 Å². The van der Waals surface area contributed by atoms with Gasteiger partial charge >= 0.3 is 0 Å². The third-order valence-electron chi connectivity index (χ3n) is 5.52. The standard InChI is InChI=1S/C18H16FN7O/c1-24-8-11(6-21-24)14-9-26-15(13(19)7-22-26)16(23-14)25-5-4-18(10-20,17(25)27)12-2-3-12/h6-9,12H,2-5H2,1H3/t18-/m1/s1. The number of hydrogen-bond donors (Lipinski definition) is 0. The SMILES string of the molecule is Cn1cc(-c2cn3ncc(F)c3c(N3CC[C@@](C#N)(C4CC4)C3=O)n2)cn1. The lowest BCUT2D eigenvalue weighted by Gasteiger charge is -2.21. The summed E-state index contributed by atoms with van der Waals surface area (Å²) in [7, 11) is 1.79. The molecule has 5 rings (SSSR count). The average Bonchev–Trinajstić information content (AvgIpc) is 3.19. The van der Waals surface area contributed by atoms with Gasteiger partial charge in [0, 0.05) is 25.4 Å². The zero-order valence-electron chi connectivity index (χ0n) is 14.6. The molecule has 3 aromatic rings. The molecule has 0 bridgehead atoms. The van der Waals surface area contributed by atoms with E-state index in [-0.39, 0.29) is 23.2 Å². The van der Waals surface area contributed by atoms with Crippen molar-refractivity contribution in [2.24, 2.45) is 18.4 Å². The summed E-state index contributed by atoms with van der Waals surface area (Å²) in [5.74, 6) is -0.545. The minimum absolute atomic E-state index is 0.0901. The number of fused-ring (bicyclic) bond motifs is 1. The molecule has 1 saturated heterocycles. The van der Waals surface area contributed by atoms with Gasteiger partial charge in [-0.15, -0.1) is 0 Å². The number of rotatable bonds is 3. The number of amides is 1. The molecule has 9 heteroatoms. The van der Waals surface area contributed by atoms with Crippen LogP contribution in [0.15, 0.2) is 24.8 Å². The van der Waals surface area contributed by atoms with Crippen molar-refractivity contribution in [3.63, 3.8) is 0 Å². The van der Waals surface area contributed by atoms with Gasteiger partial charge in [0.1, 0.15) is 10.9 Å². The van der Waals surface area contributed by atoms with Crippen molar-refractivity contribution in [1.29, 1.82) is 5.26 Å². The van der Waals surface area contributed by atoms with E-state index >= 15 is 0 Å². The van der Waals surface area contributed by atoms with E-state index in [0.29, 0.717) is 18.7 Å². The Morgan fingerprint density at radius 1 is 1.30 bits per heavy atom. The Morgan fingerprint density at radius 3 is 2.78 bits per heavy atom. The van der Waals surface area contributed by atoms with Crippen LogP contribution in [0.25, 0.3) is 16.8 Å². The smallest absolute Gasteiger partial charge is 0.249 e. The van der Waals surface area contributed by atoms with Crippen LogP contribution >= 0.6 is 0 Å². The first-order chi connectivity index (χ1) is 13.0. The van der Waals surface area contributed by atoms with Crippen molar-refractivity contribution in [2.75, 3.05) is 11.4 Å². The van der Waals surface area contributed by atoms with Crippen molar-refractivity contribution < 1.29 is 9.18 Å². The Hall–Kier alpha value is -3.28. The van der Waals surface area contributed by atoms with Crippen LogP contribution in [0.2, 0.25) is 0 Å². The molecule has 0 unspecified atom stereocenters. The molecule has 1 aliphatic heterocycles. The molecule has 0 N–H and O–H groups in total. The fourth-order valence-corrected chi connectivity index (χ4v) is 3.93. The molecule has 1 aliphatic carbocycles. The Kier molecular flexibility index (Phi) is 3.16. The Bertz CT molecular complexity index is 1120. The first-order valence-electron chi connectivity index (χ1n) is 8.79. The molecule has 2 aliphatic rings. The van der Waals surface area contributed by atoms with Gasteiger partial charge in [0.15, 0.2) is 11.6 Å². The fourth-order valence-electron chi connectivity index (χ4n) is 3.93. The summed E-state index contributed by atoms with van der Waals surface area (Å²) in [5.41, 5.74) is 0.388. The van der Waals surface area contributed by atoms with E-state index < -0.39 is 11.2 Å².